The summed E-state index contributed by atoms with van der Waals surface area (Å²) in [5.74, 6) is 1.66. The molecule has 2 N–H and O–H groups in total. The van der Waals surface area contributed by atoms with E-state index in [4.69, 9.17) is 4.74 Å². The van der Waals surface area contributed by atoms with E-state index in [0.29, 0.717) is 29.5 Å². The molecule has 27 heavy (non-hydrogen) atoms. The fraction of sp³-hybridized carbons (Fsp3) is 0.471. The van der Waals surface area contributed by atoms with E-state index in [2.05, 4.69) is 20.1 Å². The van der Waals surface area contributed by atoms with Gasteiger partial charge in [0.15, 0.2) is 12.4 Å². The molecule has 2 aliphatic rings. The van der Waals surface area contributed by atoms with E-state index in [1.54, 1.807) is 10.7 Å². The Hall–Kier alpha value is -2.46. The molecule has 0 saturated heterocycles. The first-order valence-electron chi connectivity index (χ1n) is 8.87. The topological polar surface area (TPSA) is 115 Å². The van der Waals surface area contributed by atoms with E-state index in [9.17, 15) is 13.2 Å². The number of amides is 1. The van der Waals surface area contributed by atoms with Gasteiger partial charge in [-0.2, -0.15) is 5.10 Å². The number of anilines is 1. The van der Waals surface area contributed by atoms with Crippen LogP contribution in [0.15, 0.2) is 23.1 Å². The molecule has 0 bridgehead atoms. The van der Waals surface area contributed by atoms with Gasteiger partial charge in [-0.05, 0) is 31.0 Å². The Labute approximate surface area is 157 Å². The predicted octanol–water partition coefficient (Wildman–Crippen LogP) is 1.55. The van der Waals surface area contributed by atoms with Gasteiger partial charge in [-0.3, -0.25) is 4.79 Å². The molecule has 9 nitrogen and oxygen atoms in total. The maximum absolute atomic E-state index is 12.9. The molecule has 1 aromatic heterocycles. The summed E-state index contributed by atoms with van der Waals surface area (Å²) < 4.78 is 35.6. The minimum Gasteiger partial charge on any atom is -0.482 e. The van der Waals surface area contributed by atoms with Crippen molar-refractivity contribution in [2.45, 2.75) is 50.1 Å². The van der Waals surface area contributed by atoms with E-state index in [-0.39, 0.29) is 23.3 Å². The zero-order chi connectivity index (χ0) is 19.2. The van der Waals surface area contributed by atoms with Crippen LogP contribution in [0.25, 0.3) is 0 Å². The lowest BCUT2D eigenvalue weighted by Gasteiger charge is -2.23. The minimum atomic E-state index is -3.80. The van der Waals surface area contributed by atoms with E-state index in [1.165, 1.54) is 12.1 Å². The van der Waals surface area contributed by atoms with Crippen molar-refractivity contribution in [1.29, 1.82) is 0 Å². The third kappa shape index (κ3) is 3.42. The van der Waals surface area contributed by atoms with Crippen molar-refractivity contribution >= 4 is 21.6 Å². The van der Waals surface area contributed by atoms with E-state index < -0.39 is 16.1 Å². The maximum atomic E-state index is 12.9. The van der Waals surface area contributed by atoms with Crippen LogP contribution in [-0.4, -0.2) is 35.7 Å². The summed E-state index contributed by atoms with van der Waals surface area (Å²) in [5.41, 5.74) is 0.350. The summed E-state index contributed by atoms with van der Waals surface area (Å²) in [6.07, 6.45) is 1.47. The Kier molecular flexibility index (Phi) is 4.39. The van der Waals surface area contributed by atoms with Crippen LogP contribution in [0.1, 0.15) is 50.3 Å². The number of aromatic nitrogens is 3. The molecule has 144 valence electrons. The summed E-state index contributed by atoms with van der Waals surface area (Å²) in [6, 6.07) is 3.97. The number of aryl methyl sites for hydroxylation is 1. The molecular weight excluding hydrogens is 370 g/mol. The van der Waals surface area contributed by atoms with Crippen LogP contribution >= 0.6 is 0 Å². The van der Waals surface area contributed by atoms with Crippen LogP contribution in [0, 0.1) is 0 Å². The fourth-order valence-electron chi connectivity index (χ4n) is 3.21. The smallest absolute Gasteiger partial charge is 0.262 e. The van der Waals surface area contributed by atoms with Crippen molar-refractivity contribution in [2.75, 3.05) is 11.9 Å². The quantitative estimate of drug-likeness (QED) is 0.817. The van der Waals surface area contributed by atoms with Gasteiger partial charge >= 0.3 is 0 Å². The third-order valence-corrected chi connectivity index (χ3v) is 6.07. The summed E-state index contributed by atoms with van der Waals surface area (Å²) >= 11 is 0. The van der Waals surface area contributed by atoms with Crippen LogP contribution in [0.3, 0.4) is 0 Å². The van der Waals surface area contributed by atoms with Gasteiger partial charge in [-0.15, -0.1) is 0 Å². The number of rotatable bonds is 4. The highest BCUT2D eigenvalue weighted by atomic mass is 32.2. The molecule has 3 heterocycles. The molecule has 0 saturated carbocycles. The highest BCUT2D eigenvalue weighted by Gasteiger charge is 2.30. The van der Waals surface area contributed by atoms with Crippen molar-refractivity contribution in [1.82, 2.24) is 19.5 Å². The molecule has 2 aromatic rings. The predicted molar refractivity (Wildman–Crippen MR) is 97.0 cm³/mol. The summed E-state index contributed by atoms with van der Waals surface area (Å²) in [4.78, 5) is 16.1. The number of ether oxygens (including phenoxy) is 1. The van der Waals surface area contributed by atoms with Crippen LogP contribution in [0.4, 0.5) is 5.69 Å². The molecule has 1 unspecified atom stereocenters. The first kappa shape index (κ1) is 17.9. The molecule has 4 rings (SSSR count). The van der Waals surface area contributed by atoms with Crippen LogP contribution in [0.2, 0.25) is 0 Å². The van der Waals surface area contributed by atoms with Crippen LogP contribution < -0.4 is 14.8 Å². The van der Waals surface area contributed by atoms with Gasteiger partial charge in [-0.25, -0.2) is 22.8 Å². The van der Waals surface area contributed by atoms with Gasteiger partial charge in [0.2, 0.25) is 10.0 Å². The van der Waals surface area contributed by atoms with Gasteiger partial charge in [-0.1, -0.05) is 13.8 Å². The van der Waals surface area contributed by atoms with Gasteiger partial charge < -0.3 is 10.1 Å². The van der Waals surface area contributed by atoms with Crippen molar-refractivity contribution in [3.8, 4) is 5.75 Å². The lowest BCUT2D eigenvalue weighted by atomic mass is 10.1. The Morgan fingerprint density at radius 3 is 2.96 bits per heavy atom. The lowest BCUT2D eigenvalue weighted by molar-refractivity contribution is -0.118. The first-order valence-corrected chi connectivity index (χ1v) is 10.4. The molecule has 1 atom stereocenters. The zero-order valence-electron chi connectivity index (χ0n) is 15.1. The van der Waals surface area contributed by atoms with Crippen molar-refractivity contribution in [3.05, 3.63) is 29.8 Å². The second kappa shape index (κ2) is 6.61. The number of nitrogens with zero attached hydrogens (tertiary/aromatic N) is 3. The molecule has 10 heteroatoms. The number of nitrogens with one attached hydrogen (secondary N) is 2. The third-order valence-electron chi connectivity index (χ3n) is 4.60. The lowest BCUT2D eigenvalue weighted by Crippen LogP contribution is -2.33. The Bertz CT molecular complexity index is 999. The highest BCUT2D eigenvalue weighted by molar-refractivity contribution is 7.89. The van der Waals surface area contributed by atoms with Crippen LogP contribution in [0.5, 0.6) is 5.75 Å². The second-order valence-corrected chi connectivity index (χ2v) is 8.73. The molecule has 2 aliphatic heterocycles. The Morgan fingerprint density at radius 2 is 2.19 bits per heavy atom. The summed E-state index contributed by atoms with van der Waals surface area (Å²) in [6.45, 7) is 4.66. The number of fused-ring (bicyclic) bond motifs is 2. The van der Waals surface area contributed by atoms with E-state index in [0.717, 1.165) is 13.0 Å². The van der Waals surface area contributed by atoms with Gasteiger partial charge in [0.05, 0.1) is 16.6 Å². The first-order chi connectivity index (χ1) is 12.8. The number of hydrogen-bond donors (Lipinski definition) is 2. The molecule has 0 spiro atoms. The van der Waals surface area contributed by atoms with Gasteiger partial charge in [0, 0.05) is 12.5 Å². The Balaban J connectivity index is 1.61. The molecule has 0 radical (unpaired) electrons. The normalized spacial score (nSPS) is 19.2. The van der Waals surface area contributed by atoms with E-state index in [1.807, 2.05) is 13.8 Å². The molecular formula is C17H21N5O4S. The zero-order valence-corrected chi connectivity index (χ0v) is 15.9. The monoisotopic (exact) mass is 391 g/mol. The van der Waals surface area contributed by atoms with Gasteiger partial charge in [0.25, 0.3) is 5.91 Å². The number of carbonyl (C=O) groups excluding carboxylic acids is 1. The molecule has 1 aromatic carbocycles. The number of carbonyl (C=O) groups is 1. The standard InChI is InChI=1S/C17H21N5O4S/c1-10(2)16-19-17-12(4-3-7-22(17)20-16)21-27(24,25)11-5-6-14-13(8-11)18-15(23)9-26-14/h5-6,8,10,12,21H,3-4,7,9H2,1-2H3,(H,18,23). The molecule has 0 fully saturated rings. The molecule has 0 aliphatic carbocycles. The van der Waals surface area contributed by atoms with Gasteiger partial charge in [0.1, 0.15) is 11.6 Å². The highest BCUT2D eigenvalue weighted by Crippen LogP contribution is 2.31. The number of hydrogen-bond acceptors (Lipinski definition) is 6. The average molecular weight is 391 g/mol. The largest absolute Gasteiger partial charge is 0.482 e. The Morgan fingerprint density at radius 1 is 1.37 bits per heavy atom. The van der Waals surface area contributed by atoms with E-state index >= 15 is 0 Å². The maximum Gasteiger partial charge on any atom is 0.262 e. The minimum absolute atomic E-state index is 0.0628. The van der Waals surface area contributed by atoms with Crippen molar-refractivity contribution in [3.63, 3.8) is 0 Å². The SMILES string of the molecule is CC(C)c1nc2n(n1)CCCC2NS(=O)(=O)c1ccc2c(c1)NC(=O)CO2. The summed E-state index contributed by atoms with van der Waals surface area (Å²) in [7, 11) is -3.80. The molecule has 1 amide bonds. The van der Waals surface area contributed by atoms with Crippen molar-refractivity contribution in [2.24, 2.45) is 0 Å². The van der Waals surface area contributed by atoms with Crippen LogP contribution in [-0.2, 0) is 21.4 Å². The number of sulfonamides is 1. The fourth-order valence-corrected chi connectivity index (χ4v) is 4.46. The average Bonchev–Trinajstić information content (AvgIpc) is 3.06. The second-order valence-electron chi connectivity index (χ2n) is 7.02. The van der Waals surface area contributed by atoms with Crippen molar-refractivity contribution < 1.29 is 17.9 Å². The number of benzene rings is 1. The summed E-state index contributed by atoms with van der Waals surface area (Å²) in [5, 5.41) is 7.10.